The summed E-state index contributed by atoms with van der Waals surface area (Å²) in [6.07, 6.45) is 0. The zero-order valence-electron chi connectivity index (χ0n) is 12.4. The van der Waals surface area contributed by atoms with Crippen LogP contribution < -0.4 is 5.32 Å². The summed E-state index contributed by atoms with van der Waals surface area (Å²) >= 11 is 0. The number of nitrogens with zero attached hydrogens (tertiary/aromatic N) is 1. The SMILES string of the molecule is Cc1oc(C(=O)O)cc1CNC(CN(C)C)C(C)C. The number of carbonyl (C=O) groups is 1. The van der Waals surface area contributed by atoms with E-state index in [-0.39, 0.29) is 5.76 Å². The maximum atomic E-state index is 10.8. The van der Waals surface area contributed by atoms with Crippen LogP contribution in [-0.2, 0) is 6.54 Å². The molecule has 1 heterocycles. The van der Waals surface area contributed by atoms with Gasteiger partial charge in [0.1, 0.15) is 5.76 Å². The van der Waals surface area contributed by atoms with Crippen molar-refractivity contribution in [3.63, 3.8) is 0 Å². The van der Waals surface area contributed by atoms with Crippen molar-refractivity contribution in [2.24, 2.45) is 5.92 Å². The average molecular weight is 268 g/mol. The first-order chi connectivity index (χ1) is 8.81. The molecule has 0 bridgehead atoms. The normalized spacial score (nSPS) is 13.2. The molecule has 108 valence electrons. The van der Waals surface area contributed by atoms with Gasteiger partial charge in [0.05, 0.1) is 0 Å². The van der Waals surface area contributed by atoms with Crippen molar-refractivity contribution in [3.8, 4) is 0 Å². The molecule has 0 saturated heterocycles. The average Bonchev–Trinajstić information content (AvgIpc) is 2.65. The van der Waals surface area contributed by atoms with Gasteiger partial charge in [0, 0.05) is 24.7 Å². The number of aromatic carboxylic acids is 1. The molecule has 0 aromatic carbocycles. The zero-order valence-corrected chi connectivity index (χ0v) is 12.4. The highest BCUT2D eigenvalue weighted by atomic mass is 16.4. The largest absolute Gasteiger partial charge is 0.475 e. The molecule has 0 spiro atoms. The molecule has 0 aliphatic heterocycles. The van der Waals surface area contributed by atoms with Crippen LogP contribution in [0, 0.1) is 12.8 Å². The molecule has 5 nitrogen and oxygen atoms in total. The predicted molar refractivity (Wildman–Crippen MR) is 74.4 cm³/mol. The number of carboxylic acid groups (broad SMARTS) is 1. The van der Waals surface area contributed by atoms with Crippen LogP contribution in [0.1, 0.15) is 35.7 Å². The van der Waals surface area contributed by atoms with Gasteiger partial charge in [-0.3, -0.25) is 0 Å². The molecule has 1 unspecified atom stereocenters. The van der Waals surface area contributed by atoms with E-state index in [1.807, 2.05) is 14.1 Å². The van der Waals surface area contributed by atoms with Crippen LogP contribution in [0.5, 0.6) is 0 Å². The summed E-state index contributed by atoms with van der Waals surface area (Å²) in [6, 6.07) is 1.95. The van der Waals surface area contributed by atoms with Gasteiger partial charge in [0.25, 0.3) is 0 Å². The lowest BCUT2D eigenvalue weighted by Crippen LogP contribution is -2.41. The molecule has 1 atom stereocenters. The van der Waals surface area contributed by atoms with Crippen LogP contribution in [0.3, 0.4) is 0 Å². The van der Waals surface area contributed by atoms with E-state index in [9.17, 15) is 4.79 Å². The lowest BCUT2D eigenvalue weighted by Gasteiger charge is -2.25. The fraction of sp³-hybridized carbons (Fsp3) is 0.643. The highest BCUT2D eigenvalue weighted by molar-refractivity contribution is 5.84. The van der Waals surface area contributed by atoms with Gasteiger partial charge in [-0.05, 0) is 33.0 Å². The number of hydrogen-bond donors (Lipinski definition) is 2. The highest BCUT2D eigenvalue weighted by Crippen LogP contribution is 2.15. The lowest BCUT2D eigenvalue weighted by atomic mass is 10.0. The molecule has 1 aromatic heterocycles. The molecule has 0 radical (unpaired) electrons. The van der Waals surface area contributed by atoms with Gasteiger partial charge in [-0.2, -0.15) is 0 Å². The van der Waals surface area contributed by atoms with Crippen molar-refractivity contribution in [2.45, 2.75) is 33.4 Å². The molecular weight excluding hydrogens is 244 g/mol. The Bertz CT molecular complexity index is 424. The quantitative estimate of drug-likeness (QED) is 0.791. The Morgan fingerprint density at radius 2 is 2.11 bits per heavy atom. The third kappa shape index (κ3) is 4.69. The van der Waals surface area contributed by atoms with E-state index in [0.29, 0.717) is 24.3 Å². The number of nitrogens with one attached hydrogen (secondary N) is 1. The first kappa shape index (κ1) is 15.7. The predicted octanol–water partition coefficient (Wildman–Crippen LogP) is 1.96. The molecule has 0 saturated carbocycles. The van der Waals surface area contributed by atoms with Crippen molar-refractivity contribution in [2.75, 3.05) is 20.6 Å². The van der Waals surface area contributed by atoms with E-state index >= 15 is 0 Å². The topological polar surface area (TPSA) is 65.7 Å². The van der Waals surface area contributed by atoms with E-state index in [1.165, 1.54) is 0 Å². The summed E-state index contributed by atoms with van der Waals surface area (Å²) < 4.78 is 5.20. The van der Waals surface area contributed by atoms with E-state index < -0.39 is 5.97 Å². The van der Waals surface area contributed by atoms with Gasteiger partial charge < -0.3 is 19.7 Å². The minimum Gasteiger partial charge on any atom is -0.475 e. The second kappa shape index (κ2) is 6.73. The number of furan rings is 1. The van der Waals surface area contributed by atoms with Crippen LogP contribution in [0.4, 0.5) is 0 Å². The van der Waals surface area contributed by atoms with Gasteiger partial charge in [0.15, 0.2) is 0 Å². The molecule has 2 N–H and O–H groups in total. The Morgan fingerprint density at radius 3 is 2.53 bits per heavy atom. The van der Waals surface area contributed by atoms with E-state index in [0.717, 1.165) is 12.1 Å². The monoisotopic (exact) mass is 268 g/mol. The molecule has 0 amide bonds. The minimum atomic E-state index is -1.02. The van der Waals surface area contributed by atoms with Crippen molar-refractivity contribution in [1.29, 1.82) is 0 Å². The molecule has 0 aliphatic rings. The minimum absolute atomic E-state index is 0.00278. The van der Waals surface area contributed by atoms with Crippen LogP contribution in [0.2, 0.25) is 0 Å². The van der Waals surface area contributed by atoms with Crippen LogP contribution >= 0.6 is 0 Å². The molecule has 1 rings (SSSR count). The van der Waals surface area contributed by atoms with Crippen LogP contribution in [-0.4, -0.2) is 42.7 Å². The summed E-state index contributed by atoms with van der Waals surface area (Å²) in [4.78, 5) is 13.0. The standard InChI is InChI=1S/C14H24N2O3/c1-9(2)12(8-16(4)5)15-7-11-6-13(14(17)18)19-10(11)3/h6,9,12,15H,7-8H2,1-5H3,(H,17,18). The Balaban J connectivity index is 2.66. The van der Waals surface area contributed by atoms with Gasteiger partial charge in [-0.25, -0.2) is 4.79 Å². The number of carboxylic acids is 1. The number of likely N-dealkylation sites (N-methyl/N-ethyl adjacent to an activating group) is 1. The lowest BCUT2D eigenvalue weighted by molar-refractivity contribution is 0.0661. The highest BCUT2D eigenvalue weighted by Gasteiger charge is 2.17. The third-order valence-corrected chi connectivity index (χ3v) is 3.15. The summed E-state index contributed by atoms with van der Waals surface area (Å²) in [6.45, 7) is 7.71. The summed E-state index contributed by atoms with van der Waals surface area (Å²) in [5, 5.41) is 12.4. The van der Waals surface area contributed by atoms with Crippen LogP contribution in [0.25, 0.3) is 0 Å². The van der Waals surface area contributed by atoms with Gasteiger partial charge in [-0.15, -0.1) is 0 Å². The molecule has 1 aromatic rings. The first-order valence-electron chi connectivity index (χ1n) is 6.52. The Hall–Kier alpha value is -1.33. The Labute approximate surface area is 114 Å². The van der Waals surface area contributed by atoms with Gasteiger partial charge in [-0.1, -0.05) is 13.8 Å². The number of rotatable bonds is 7. The summed E-state index contributed by atoms with van der Waals surface area (Å²) in [5.74, 6) is 0.150. The van der Waals surface area contributed by atoms with E-state index in [4.69, 9.17) is 9.52 Å². The Kier molecular flexibility index (Phi) is 5.57. The molecule has 5 heteroatoms. The molecule has 0 aliphatic carbocycles. The zero-order chi connectivity index (χ0) is 14.6. The van der Waals surface area contributed by atoms with Crippen molar-refractivity contribution in [1.82, 2.24) is 10.2 Å². The second-order valence-corrected chi connectivity index (χ2v) is 5.49. The second-order valence-electron chi connectivity index (χ2n) is 5.49. The smallest absolute Gasteiger partial charge is 0.371 e. The first-order valence-corrected chi connectivity index (χ1v) is 6.52. The summed E-state index contributed by atoms with van der Waals surface area (Å²) in [7, 11) is 4.09. The molecule has 0 fully saturated rings. The van der Waals surface area contributed by atoms with E-state index in [2.05, 4.69) is 24.1 Å². The number of hydrogen-bond acceptors (Lipinski definition) is 4. The van der Waals surface area contributed by atoms with Crippen molar-refractivity contribution in [3.05, 3.63) is 23.2 Å². The maximum absolute atomic E-state index is 10.8. The van der Waals surface area contributed by atoms with Gasteiger partial charge in [0.2, 0.25) is 5.76 Å². The molecule has 19 heavy (non-hydrogen) atoms. The van der Waals surface area contributed by atoms with E-state index in [1.54, 1.807) is 13.0 Å². The molecular formula is C14H24N2O3. The van der Waals surface area contributed by atoms with Crippen molar-refractivity contribution >= 4 is 5.97 Å². The fourth-order valence-corrected chi connectivity index (χ4v) is 1.95. The third-order valence-electron chi connectivity index (χ3n) is 3.15. The van der Waals surface area contributed by atoms with Crippen molar-refractivity contribution < 1.29 is 14.3 Å². The number of aryl methyl sites for hydroxylation is 1. The van der Waals surface area contributed by atoms with Gasteiger partial charge >= 0.3 is 5.97 Å². The summed E-state index contributed by atoms with van der Waals surface area (Å²) in [5.41, 5.74) is 0.904. The fourth-order valence-electron chi connectivity index (χ4n) is 1.95. The maximum Gasteiger partial charge on any atom is 0.371 e. The van der Waals surface area contributed by atoms with Crippen LogP contribution in [0.15, 0.2) is 10.5 Å². The Morgan fingerprint density at radius 1 is 1.47 bits per heavy atom.